The molecule has 174 valence electrons. The Hall–Kier alpha value is -3.35. The summed E-state index contributed by atoms with van der Waals surface area (Å²) in [6, 6.07) is 16.3. The molecule has 0 radical (unpaired) electrons. The van der Waals surface area contributed by atoms with E-state index in [1.807, 2.05) is 24.3 Å². The molecule has 2 amide bonds. The summed E-state index contributed by atoms with van der Waals surface area (Å²) in [5.74, 6) is -1.56. The van der Waals surface area contributed by atoms with Crippen LogP contribution in [0.15, 0.2) is 48.5 Å². The van der Waals surface area contributed by atoms with E-state index in [4.69, 9.17) is 9.84 Å². The first-order chi connectivity index (χ1) is 15.9. The molecule has 2 aromatic carbocycles. The summed E-state index contributed by atoms with van der Waals surface area (Å²) in [4.78, 5) is 35.7. The van der Waals surface area contributed by atoms with Crippen LogP contribution >= 0.6 is 0 Å². The van der Waals surface area contributed by atoms with Gasteiger partial charge in [0, 0.05) is 24.4 Å². The highest BCUT2D eigenvalue weighted by Crippen LogP contribution is 2.44. The number of aliphatic carboxylic acids is 1. The molecular formula is C26H30N2O5. The molecule has 0 spiro atoms. The lowest BCUT2D eigenvalue weighted by molar-refractivity contribution is -0.141. The first-order valence-corrected chi connectivity index (χ1v) is 11.6. The Morgan fingerprint density at radius 1 is 1.03 bits per heavy atom. The van der Waals surface area contributed by atoms with E-state index in [9.17, 15) is 14.4 Å². The van der Waals surface area contributed by atoms with Crippen LogP contribution in [0.4, 0.5) is 4.79 Å². The summed E-state index contributed by atoms with van der Waals surface area (Å²) < 4.78 is 5.52. The molecule has 2 aliphatic carbocycles. The van der Waals surface area contributed by atoms with E-state index < -0.39 is 12.1 Å². The summed E-state index contributed by atoms with van der Waals surface area (Å²) in [5, 5.41) is 14.8. The van der Waals surface area contributed by atoms with E-state index in [-0.39, 0.29) is 36.3 Å². The molecule has 4 rings (SSSR count). The number of nitrogens with one attached hydrogen (secondary N) is 2. The molecule has 0 bridgehead atoms. The van der Waals surface area contributed by atoms with Gasteiger partial charge in [-0.15, -0.1) is 0 Å². The van der Waals surface area contributed by atoms with Crippen LogP contribution < -0.4 is 10.6 Å². The minimum absolute atomic E-state index is 0.00823. The zero-order valence-electron chi connectivity index (χ0n) is 18.8. The molecule has 0 saturated heterocycles. The van der Waals surface area contributed by atoms with Crippen molar-refractivity contribution in [2.45, 2.75) is 44.6 Å². The van der Waals surface area contributed by atoms with Gasteiger partial charge in [-0.1, -0.05) is 55.5 Å². The Morgan fingerprint density at radius 3 is 2.27 bits per heavy atom. The quantitative estimate of drug-likeness (QED) is 0.565. The summed E-state index contributed by atoms with van der Waals surface area (Å²) in [7, 11) is 0. The van der Waals surface area contributed by atoms with Gasteiger partial charge in [0.05, 0.1) is 5.92 Å². The summed E-state index contributed by atoms with van der Waals surface area (Å²) in [5.41, 5.74) is 4.68. The van der Waals surface area contributed by atoms with Gasteiger partial charge in [0.1, 0.15) is 6.61 Å². The second kappa shape index (κ2) is 10.1. The Bertz CT molecular complexity index is 991. The lowest BCUT2D eigenvalue weighted by atomic mass is 9.98. The van der Waals surface area contributed by atoms with Gasteiger partial charge < -0.3 is 20.5 Å². The highest BCUT2D eigenvalue weighted by Gasteiger charge is 2.31. The van der Waals surface area contributed by atoms with Crippen LogP contribution in [0.3, 0.4) is 0 Å². The van der Waals surface area contributed by atoms with Crippen LogP contribution in [0, 0.1) is 11.8 Å². The molecule has 33 heavy (non-hydrogen) atoms. The maximum absolute atomic E-state index is 12.4. The van der Waals surface area contributed by atoms with Gasteiger partial charge in [-0.25, -0.2) is 4.79 Å². The van der Waals surface area contributed by atoms with Gasteiger partial charge in [-0.2, -0.15) is 0 Å². The van der Waals surface area contributed by atoms with E-state index in [0.29, 0.717) is 32.2 Å². The maximum atomic E-state index is 12.4. The Labute approximate surface area is 193 Å². The third kappa shape index (κ3) is 5.18. The Balaban J connectivity index is 1.20. The fourth-order valence-electron chi connectivity index (χ4n) is 4.85. The third-order valence-corrected chi connectivity index (χ3v) is 6.77. The molecule has 0 aliphatic heterocycles. The Kier molecular flexibility index (Phi) is 6.96. The average Bonchev–Trinajstić information content (AvgIpc) is 3.40. The number of hydrogen-bond donors (Lipinski definition) is 3. The molecule has 0 heterocycles. The van der Waals surface area contributed by atoms with Crippen molar-refractivity contribution in [1.82, 2.24) is 10.6 Å². The zero-order chi connectivity index (χ0) is 23.4. The minimum Gasteiger partial charge on any atom is -0.481 e. The van der Waals surface area contributed by atoms with Crippen molar-refractivity contribution in [1.29, 1.82) is 0 Å². The van der Waals surface area contributed by atoms with E-state index in [1.54, 1.807) is 6.92 Å². The van der Waals surface area contributed by atoms with Crippen molar-refractivity contribution in [3.05, 3.63) is 59.7 Å². The number of alkyl carbamates (subject to hydrolysis) is 1. The molecule has 7 heteroatoms. The van der Waals surface area contributed by atoms with Crippen LogP contribution in [0.5, 0.6) is 0 Å². The largest absolute Gasteiger partial charge is 0.481 e. The summed E-state index contributed by atoms with van der Waals surface area (Å²) in [6.07, 6.45) is 1.74. The van der Waals surface area contributed by atoms with Crippen molar-refractivity contribution in [3.8, 4) is 11.1 Å². The monoisotopic (exact) mass is 450 g/mol. The molecule has 3 unspecified atom stereocenters. The number of ether oxygens (including phenoxy) is 1. The zero-order valence-corrected chi connectivity index (χ0v) is 18.8. The van der Waals surface area contributed by atoms with Crippen LogP contribution in [-0.4, -0.2) is 42.3 Å². The maximum Gasteiger partial charge on any atom is 0.407 e. The lowest BCUT2D eigenvalue weighted by Gasteiger charge is -2.17. The third-order valence-electron chi connectivity index (χ3n) is 6.77. The highest BCUT2D eigenvalue weighted by atomic mass is 16.5. The van der Waals surface area contributed by atoms with Gasteiger partial charge in [-0.3, -0.25) is 9.59 Å². The van der Waals surface area contributed by atoms with Gasteiger partial charge in [0.25, 0.3) is 0 Å². The van der Waals surface area contributed by atoms with Crippen molar-refractivity contribution in [2.75, 3.05) is 13.2 Å². The molecule has 1 fully saturated rings. The second-order valence-electron chi connectivity index (χ2n) is 9.00. The molecular weight excluding hydrogens is 420 g/mol. The SMILES string of the molecule is CC(CCNC(=O)OCC1c2ccccc2-c2ccccc21)C(=O)NC1CCC(C(=O)O)C1. The van der Waals surface area contributed by atoms with Crippen molar-refractivity contribution in [3.63, 3.8) is 0 Å². The minimum atomic E-state index is -0.799. The number of amides is 2. The average molecular weight is 451 g/mol. The van der Waals surface area contributed by atoms with E-state index in [0.717, 1.165) is 11.1 Å². The number of rotatable bonds is 8. The van der Waals surface area contributed by atoms with E-state index in [2.05, 4.69) is 34.9 Å². The summed E-state index contributed by atoms with van der Waals surface area (Å²) >= 11 is 0. The topological polar surface area (TPSA) is 105 Å². The molecule has 0 aromatic heterocycles. The van der Waals surface area contributed by atoms with E-state index in [1.165, 1.54) is 11.1 Å². The fourth-order valence-corrected chi connectivity index (χ4v) is 4.85. The number of benzene rings is 2. The van der Waals surface area contributed by atoms with Crippen LogP contribution in [0.1, 0.15) is 49.7 Å². The summed E-state index contributed by atoms with van der Waals surface area (Å²) in [6.45, 7) is 2.38. The standard InChI is InChI=1S/C26H30N2O5/c1-16(24(29)28-18-11-10-17(14-18)25(30)31)12-13-27-26(32)33-15-23-21-8-4-2-6-19(21)20-7-3-5-9-22(20)23/h2-9,16-18,23H,10-15H2,1H3,(H,27,32)(H,28,29)(H,30,31). The number of fused-ring (bicyclic) bond motifs is 3. The van der Waals surface area contributed by atoms with Crippen molar-refractivity contribution >= 4 is 18.0 Å². The lowest BCUT2D eigenvalue weighted by Crippen LogP contribution is -2.38. The van der Waals surface area contributed by atoms with Gasteiger partial charge >= 0.3 is 12.1 Å². The van der Waals surface area contributed by atoms with Gasteiger partial charge in [0.2, 0.25) is 5.91 Å². The van der Waals surface area contributed by atoms with Crippen LogP contribution in [0.25, 0.3) is 11.1 Å². The predicted molar refractivity (Wildman–Crippen MR) is 124 cm³/mol. The molecule has 2 aliphatic rings. The number of carbonyl (C=O) groups excluding carboxylic acids is 2. The molecule has 7 nitrogen and oxygen atoms in total. The van der Waals surface area contributed by atoms with E-state index >= 15 is 0 Å². The number of carbonyl (C=O) groups is 3. The predicted octanol–water partition coefficient (Wildman–Crippen LogP) is 3.92. The Morgan fingerprint density at radius 2 is 1.67 bits per heavy atom. The van der Waals surface area contributed by atoms with Gasteiger partial charge in [-0.05, 0) is 47.9 Å². The number of carboxylic acids is 1. The molecule has 2 aromatic rings. The number of carboxylic acid groups (broad SMARTS) is 1. The molecule has 1 saturated carbocycles. The molecule has 3 atom stereocenters. The van der Waals surface area contributed by atoms with Gasteiger partial charge in [0.15, 0.2) is 0 Å². The van der Waals surface area contributed by atoms with Crippen molar-refractivity contribution in [2.24, 2.45) is 11.8 Å². The fraction of sp³-hybridized carbons (Fsp3) is 0.423. The van der Waals surface area contributed by atoms with Crippen LogP contribution in [0.2, 0.25) is 0 Å². The first-order valence-electron chi connectivity index (χ1n) is 11.6. The second-order valence-corrected chi connectivity index (χ2v) is 9.00. The normalized spacial score (nSPS) is 19.9. The highest BCUT2D eigenvalue weighted by molar-refractivity contribution is 5.80. The smallest absolute Gasteiger partial charge is 0.407 e. The van der Waals surface area contributed by atoms with Crippen molar-refractivity contribution < 1.29 is 24.2 Å². The first kappa shape index (κ1) is 22.8. The molecule has 3 N–H and O–H groups in total. The number of hydrogen-bond acceptors (Lipinski definition) is 4. The van der Waals surface area contributed by atoms with Crippen LogP contribution in [-0.2, 0) is 14.3 Å².